The highest BCUT2D eigenvalue weighted by Crippen LogP contribution is 2.32. The first-order valence-corrected chi connectivity index (χ1v) is 10.4. The number of rotatable bonds is 5. The van der Waals surface area contributed by atoms with Crippen molar-refractivity contribution in [3.63, 3.8) is 0 Å². The Hall–Kier alpha value is -2.08. The van der Waals surface area contributed by atoms with Crippen LogP contribution in [0, 0.1) is 11.8 Å². The number of hydrogen-bond donors (Lipinski definition) is 3. The average molecular weight is 388 g/mol. The lowest BCUT2D eigenvalue weighted by atomic mass is 9.83. The molecule has 1 amide bonds. The number of carbonyl (C=O) groups is 1. The zero-order valence-electron chi connectivity index (χ0n) is 17.9. The minimum Gasteiger partial charge on any atom is -0.400 e. The summed E-state index contributed by atoms with van der Waals surface area (Å²) in [6.45, 7) is 7.92. The summed E-state index contributed by atoms with van der Waals surface area (Å²) >= 11 is 0. The van der Waals surface area contributed by atoms with E-state index in [1.807, 2.05) is 0 Å². The Morgan fingerprint density at radius 3 is 2.68 bits per heavy atom. The minimum atomic E-state index is 0.509. The normalized spacial score (nSPS) is 23.7. The Morgan fingerprint density at radius 1 is 1.39 bits per heavy atom. The van der Waals surface area contributed by atoms with Crippen molar-refractivity contribution in [1.29, 1.82) is 0 Å². The van der Waals surface area contributed by atoms with Crippen LogP contribution in [0.15, 0.2) is 39.7 Å². The zero-order valence-corrected chi connectivity index (χ0v) is 17.9. The Morgan fingerprint density at radius 2 is 2.14 bits per heavy atom. The quantitative estimate of drug-likeness (QED) is 0.385. The molecule has 0 aromatic rings. The zero-order chi connectivity index (χ0) is 20.5. The van der Waals surface area contributed by atoms with Gasteiger partial charge in [0.15, 0.2) is 0 Å². The molecule has 1 aliphatic heterocycles. The van der Waals surface area contributed by atoms with Crippen LogP contribution in [0.1, 0.15) is 46.0 Å². The number of aliphatic imine (C=N–C) groups is 1. The molecular weight excluding hydrogens is 350 g/mol. The number of allylic oxidation sites excluding steroid dienone is 3. The molecule has 0 spiro atoms. The van der Waals surface area contributed by atoms with Gasteiger partial charge in [0.05, 0.1) is 0 Å². The smallest absolute Gasteiger partial charge is 0.211 e. The van der Waals surface area contributed by atoms with E-state index in [0.29, 0.717) is 23.6 Å². The van der Waals surface area contributed by atoms with Crippen LogP contribution in [0.4, 0.5) is 0 Å². The molecule has 6 heteroatoms. The maximum Gasteiger partial charge on any atom is 0.211 e. The Bertz CT molecular complexity index is 654. The molecular formula is C22H37N5O. The van der Waals surface area contributed by atoms with E-state index < -0.39 is 0 Å². The summed E-state index contributed by atoms with van der Waals surface area (Å²) in [5.74, 6) is 2.34. The molecule has 4 N–H and O–H groups in total. The minimum absolute atomic E-state index is 0.509. The standard InChI is InChI=1S/C15H23N.C7H14N4O/c1-12-5-6-14-7-8-16(11-15(14)9-12)10-13-3-2-4-13;1-5(8)6(11-4-12)7(9-2)10-3/h6,9,12-13H,2-5,7-8,10-11H2,1H3;4H,8H2,1-3H3,(H,9,10)(H,11,12)/b;6-5-. The van der Waals surface area contributed by atoms with Gasteiger partial charge >= 0.3 is 0 Å². The molecule has 0 bridgehead atoms. The summed E-state index contributed by atoms with van der Waals surface area (Å²) in [5, 5.41) is 5.27. The lowest BCUT2D eigenvalue weighted by molar-refractivity contribution is -0.108. The van der Waals surface area contributed by atoms with Crippen molar-refractivity contribution in [2.45, 2.75) is 46.0 Å². The van der Waals surface area contributed by atoms with Gasteiger partial charge < -0.3 is 16.4 Å². The average Bonchev–Trinajstić information content (AvgIpc) is 2.65. The van der Waals surface area contributed by atoms with Gasteiger partial charge in [-0.05, 0) is 55.6 Å². The third-order valence-corrected chi connectivity index (χ3v) is 5.76. The van der Waals surface area contributed by atoms with Crippen molar-refractivity contribution in [3.05, 3.63) is 34.7 Å². The van der Waals surface area contributed by atoms with Crippen molar-refractivity contribution < 1.29 is 4.79 Å². The molecule has 1 atom stereocenters. The van der Waals surface area contributed by atoms with E-state index in [1.165, 1.54) is 51.7 Å². The molecule has 2 aliphatic carbocycles. The number of carbonyl (C=O) groups excluding carboxylic acids is 1. The van der Waals surface area contributed by atoms with Crippen LogP contribution in [0.25, 0.3) is 0 Å². The predicted octanol–water partition coefficient (Wildman–Crippen LogP) is 2.56. The highest BCUT2D eigenvalue weighted by atomic mass is 16.1. The van der Waals surface area contributed by atoms with Gasteiger partial charge in [-0.2, -0.15) is 0 Å². The molecule has 1 heterocycles. The fourth-order valence-electron chi connectivity index (χ4n) is 3.97. The van der Waals surface area contributed by atoms with Crippen LogP contribution in [-0.2, 0) is 4.79 Å². The van der Waals surface area contributed by atoms with E-state index in [0.717, 1.165) is 11.8 Å². The molecule has 3 rings (SSSR count). The molecule has 1 saturated carbocycles. The second kappa shape index (κ2) is 11.1. The predicted molar refractivity (Wildman–Crippen MR) is 117 cm³/mol. The highest BCUT2D eigenvalue weighted by Gasteiger charge is 2.25. The van der Waals surface area contributed by atoms with Crippen LogP contribution >= 0.6 is 0 Å². The Balaban J connectivity index is 0.000000211. The third-order valence-electron chi connectivity index (χ3n) is 5.76. The molecule has 2 fully saturated rings. The molecule has 3 aliphatic rings. The number of likely N-dealkylation sites (N-methyl/N-ethyl adjacent to an activating group) is 1. The number of fused-ring (bicyclic) bond motifs is 1. The number of amides is 1. The number of nitrogens with zero attached hydrogens (tertiary/aromatic N) is 2. The number of amidine groups is 1. The van der Waals surface area contributed by atoms with Gasteiger partial charge in [-0.3, -0.25) is 14.7 Å². The second-order valence-electron chi connectivity index (χ2n) is 8.06. The molecule has 156 valence electrons. The summed E-state index contributed by atoms with van der Waals surface area (Å²) in [6, 6.07) is 0. The molecule has 0 radical (unpaired) electrons. The summed E-state index contributed by atoms with van der Waals surface area (Å²) in [6.07, 6.45) is 12.6. The van der Waals surface area contributed by atoms with Crippen molar-refractivity contribution in [3.8, 4) is 0 Å². The maximum atomic E-state index is 10.2. The fraction of sp³-hybridized carbons (Fsp3) is 0.636. The number of hydrogen-bond acceptors (Lipinski definition) is 4. The number of nitrogens with one attached hydrogen (secondary N) is 2. The van der Waals surface area contributed by atoms with Crippen molar-refractivity contribution in [2.75, 3.05) is 33.7 Å². The van der Waals surface area contributed by atoms with Crippen LogP contribution in [-0.4, -0.2) is 50.9 Å². The van der Waals surface area contributed by atoms with Crippen LogP contribution in [0.5, 0.6) is 0 Å². The van der Waals surface area contributed by atoms with Gasteiger partial charge in [0.2, 0.25) is 6.41 Å². The van der Waals surface area contributed by atoms with Crippen LogP contribution in [0.2, 0.25) is 0 Å². The molecule has 6 nitrogen and oxygen atoms in total. The van der Waals surface area contributed by atoms with Crippen molar-refractivity contribution >= 4 is 12.2 Å². The molecule has 28 heavy (non-hydrogen) atoms. The van der Waals surface area contributed by atoms with Gasteiger partial charge in [0, 0.05) is 39.4 Å². The molecule has 0 aromatic carbocycles. The Kier molecular flexibility index (Phi) is 8.77. The number of nitrogens with two attached hydrogens (primary N) is 1. The largest absolute Gasteiger partial charge is 0.400 e. The van der Waals surface area contributed by atoms with Crippen molar-refractivity contribution in [1.82, 2.24) is 15.5 Å². The summed E-state index contributed by atoms with van der Waals surface area (Å²) in [4.78, 5) is 16.8. The summed E-state index contributed by atoms with van der Waals surface area (Å²) in [7, 11) is 3.32. The SMILES string of the molecule is CC1C=C2CN(CC3CCC3)CCC2=CC1.CN=C(NC)/C(NC=O)=C(\C)N. The molecule has 1 unspecified atom stereocenters. The van der Waals surface area contributed by atoms with E-state index in [2.05, 4.69) is 39.6 Å². The van der Waals surface area contributed by atoms with E-state index in [4.69, 9.17) is 5.73 Å². The van der Waals surface area contributed by atoms with Gasteiger partial charge in [-0.15, -0.1) is 0 Å². The fourth-order valence-corrected chi connectivity index (χ4v) is 3.97. The van der Waals surface area contributed by atoms with Crippen LogP contribution < -0.4 is 16.4 Å². The number of likely N-dealkylation sites (tertiary alicyclic amines) is 1. The van der Waals surface area contributed by atoms with Gasteiger partial charge in [-0.1, -0.05) is 25.5 Å². The van der Waals surface area contributed by atoms with Gasteiger partial charge in [-0.25, -0.2) is 0 Å². The lowest BCUT2D eigenvalue weighted by Crippen LogP contribution is -2.38. The third kappa shape index (κ3) is 6.23. The van der Waals surface area contributed by atoms with Crippen molar-refractivity contribution in [2.24, 2.45) is 22.6 Å². The first-order chi connectivity index (χ1) is 13.5. The van der Waals surface area contributed by atoms with Gasteiger partial charge in [0.1, 0.15) is 11.5 Å². The molecule has 1 saturated heterocycles. The first kappa shape index (κ1) is 22.2. The van der Waals surface area contributed by atoms with Gasteiger partial charge in [0.25, 0.3) is 0 Å². The highest BCUT2D eigenvalue weighted by molar-refractivity contribution is 5.99. The topological polar surface area (TPSA) is 82.8 Å². The first-order valence-electron chi connectivity index (χ1n) is 10.4. The second-order valence-corrected chi connectivity index (χ2v) is 8.06. The Labute approximate surface area is 170 Å². The van der Waals surface area contributed by atoms with E-state index in [9.17, 15) is 4.79 Å². The van der Waals surface area contributed by atoms with E-state index in [1.54, 1.807) is 32.2 Å². The lowest BCUT2D eigenvalue weighted by Gasteiger charge is -2.37. The monoisotopic (exact) mass is 387 g/mol. The maximum absolute atomic E-state index is 10.2. The summed E-state index contributed by atoms with van der Waals surface area (Å²) < 4.78 is 0. The summed E-state index contributed by atoms with van der Waals surface area (Å²) in [5.41, 5.74) is 9.83. The number of piperidine rings is 1. The van der Waals surface area contributed by atoms with E-state index in [-0.39, 0.29) is 0 Å². The molecule has 0 aromatic heterocycles. The van der Waals surface area contributed by atoms with Crippen LogP contribution in [0.3, 0.4) is 0 Å². The van der Waals surface area contributed by atoms with E-state index >= 15 is 0 Å².